The second-order valence-corrected chi connectivity index (χ2v) is 5.32. The molecule has 0 spiro atoms. The van der Waals surface area contributed by atoms with Gasteiger partial charge in [0.05, 0.1) is 17.8 Å². The fraction of sp³-hybridized carbons (Fsp3) is 0.438. The molecule has 2 heterocycles. The Morgan fingerprint density at radius 2 is 2.10 bits per heavy atom. The molecule has 110 valence electrons. The zero-order chi connectivity index (χ0) is 14.8. The first kappa shape index (κ1) is 14.1. The van der Waals surface area contributed by atoms with Gasteiger partial charge in [-0.2, -0.15) is 0 Å². The highest BCUT2D eigenvalue weighted by Crippen LogP contribution is 2.27. The number of benzene rings is 1. The van der Waals surface area contributed by atoms with E-state index in [0.717, 1.165) is 12.8 Å². The number of aliphatic hydroxyl groups is 1. The van der Waals surface area contributed by atoms with Gasteiger partial charge < -0.3 is 14.7 Å². The predicted molar refractivity (Wildman–Crippen MR) is 74.2 cm³/mol. The third-order valence-corrected chi connectivity index (χ3v) is 3.84. The number of nitrogens with zero attached hydrogens (tertiary/aromatic N) is 1. The average molecular weight is 289 g/mol. The van der Waals surface area contributed by atoms with Crippen LogP contribution in [0.15, 0.2) is 18.2 Å². The number of amides is 1. The van der Waals surface area contributed by atoms with Crippen molar-refractivity contribution in [1.29, 1.82) is 0 Å². The number of morpholine rings is 1. The molecule has 3 rings (SSSR count). The van der Waals surface area contributed by atoms with Crippen molar-refractivity contribution in [3.05, 3.63) is 35.1 Å². The summed E-state index contributed by atoms with van der Waals surface area (Å²) in [6, 6.07) is 3.95. The molecule has 0 aromatic heterocycles. The number of rotatable bonds is 1. The van der Waals surface area contributed by atoms with Crippen LogP contribution in [0.1, 0.15) is 28.8 Å². The van der Waals surface area contributed by atoms with Crippen molar-refractivity contribution >= 4 is 5.91 Å². The minimum absolute atomic E-state index is 0.0910. The van der Waals surface area contributed by atoms with Crippen LogP contribution in [0.25, 0.3) is 0 Å². The van der Waals surface area contributed by atoms with Crippen LogP contribution < -0.4 is 0 Å². The Kier molecular flexibility index (Phi) is 3.91. The summed E-state index contributed by atoms with van der Waals surface area (Å²) < 4.78 is 19.2. The maximum Gasteiger partial charge on any atom is 0.255 e. The van der Waals surface area contributed by atoms with Crippen LogP contribution >= 0.6 is 0 Å². The molecule has 2 atom stereocenters. The van der Waals surface area contributed by atoms with E-state index in [1.807, 2.05) is 0 Å². The summed E-state index contributed by atoms with van der Waals surface area (Å²) in [5.41, 5.74) is 0.687. The van der Waals surface area contributed by atoms with Crippen LogP contribution in [0.2, 0.25) is 0 Å². The van der Waals surface area contributed by atoms with Crippen molar-refractivity contribution in [3.8, 4) is 11.8 Å². The molecule has 2 bridgehead atoms. The third kappa shape index (κ3) is 2.92. The van der Waals surface area contributed by atoms with Gasteiger partial charge in [-0.25, -0.2) is 4.39 Å². The summed E-state index contributed by atoms with van der Waals surface area (Å²) in [5, 5.41) is 8.78. The first-order valence-electron chi connectivity index (χ1n) is 7.01. The van der Waals surface area contributed by atoms with Crippen molar-refractivity contribution < 1.29 is 19.0 Å². The largest absolute Gasteiger partial charge is 0.384 e. The van der Waals surface area contributed by atoms with Gasteiger partial charge in [-0.15, -0.1) is 0 Å². The maximum absolute atomic E-state index is 13.5. The Labute approximate surface area is 122 Å². The van der Waals surface area contributed by atoms with E-state index in [1.54, 1.807) is 4.90 Å². The van der Waals surface area contributed by atoms with Gasteiger partial charge in [-0.05, 0) is 31.0 Å². The Bertz CT molecular complexity index is 608. The van der Waals surface area contributed by atoms with Gasteiger partial charge in [0, 0.05) is 18.7 Å². The number of fused-ring (bicyclic) bond motifs is 2. The van der Waals surface area contributed by atoms with Crippen molar-refractivity contribution in [2.45, 2.75) is 25.0 Å². The molecule has 4 nitrogen and oxygen atoms in total. The molecule has 2 saturated heterocycles. The number of ether oxygens (including phenoxy) is 1. The lowest BCUT2D eigenvalue weighted by Crippen LogP contribution is -2.46. The van der Waals surface area contributed by atoms with E-state index >= 15 is 0 Å². The van der Waals surface area contributed by atoms with Gasteiger partial charge in [-0.3, -0.25) is 4.79 Å². The van der Waals surface area contributed by atoms with Crippen LogP contribution in [0.5, 0.6) is 0 Å². The summed E-state index contributed by atoms with van der Waals surface area (Å²) in [6.07, 6.45) is 2.12. The normalized spacial score (nSPS) is 23.6. The van der Waals surface area contributed by atoms with E-state index in [4.69, 9.17) is 9.84 Å². The molecule has 2 aliphatic heterocycles. The maximum atomic E-state index is 13.5. The van der Waals surface area contributed by atoms with Crippen LogP contribution in [0.4, 0.5) is 4.39 Å². The number of carbonyl (C=O) groups is 1. The quantitative estimate of drug-likeness (QED) is 0.790. The lowest BCUT2D eigenvalue weighted by Gasteiger charge is -2.32. The molecule has 1 aromatic carbocycles. The molecular formula is C16H16FNO3. The number of likely N-dealkylation sites (tertiary alicyclic amines) is 1. The number of hydrogen-bond acceptors (Lipinski definition) is 3. The standard InChI is InChI=1S/C16H16FNO3/c17-12-4-3-11(2-1-7-19)15(8-12)16(20)18-9-13-5-6-14(10-18)21-13/h3-4,8,13-14,19H,5-7,9-10H2. The smallest absolute Gasteiger partial charge is 0.255 e. The minimum Gasteiger partial charge on any atom is -0.384 e. The molecule has 0 radical (unpaired) electrons. The number of hydrogen-bond donors (Lipinski definition) is 1. The van der Waals surface area contributed by atoms with E-state index in [1.165, 1.54) is 18.2 Å². The molecule has 2 aliphatic rings. The number of halogens is 1. The van der Waals surface area contributed by atoms with E-state index in [-0.39, 0.29) is 30.3 Å². The summed E-state index contributed by atoms with van der Waals surface area (Å²) in [5.74, 6) is 4.51. The predicted octanol–water partition coefficient (Wildman–Crippen LogP) is 1.17. The Morgan fingerprint density at radius 1 is 1.38 bits per heavy atom. The van der Waals surface area contributed by atoms with Gasteiger partial charge in [0.2, 0.25) is 0 Å². The van der Waals surface area contributed by atoms with Crippen molar-refractivity contribution in [2.24, 2.45) is 0 Å². The molecule has 2 unspecified atom stereocenters. The fourth-order valence-electron chi connectivity index (χ4n) is 2.89. The van der Waals surface area contributed by atoms with E-state index < -0.39 is 5.82 Å². The third-order valence-electron chi connectivity index (χ3n) is 3.84. The molecule has 0 aliphatic carbocycles. The first-order chi connectivity index (χ1) is 10.2. The SMILES string of the molecule is O=C(c1cc(F)ccc1C#CCO)N1CC2CCC(C1)O2. The highest BCUT2D eigenvalue weighted by molar-refractivity contribution is 5.97. The van der Waals surface area contributed by atoms with Gasteiger partial charge in [0.15, 0.2) is 0 Å². The lowest BCUT2D eigenvalue weighted by molar-refractivity contribution is -0.0303. The van der Waals surface area contributed by atoms with Gasteiger partial charge in [0.25, 0.3) is 5.91 Å². The topological polar surface area (TPSA) is 49.8 Å². The molecule has 0 saturated carbocycles. The second-order valence-electron chi connectivity index (χ2n) is 5.32. The summed E-state index contributed by atoms with van der Waals surface area (Å²) in [6.45, 7) is 0.782. The van der Waals surface area contributed by atoms with Crippen LogP contribution in [0.3, 0.4) is 0 Å². The molecule has 1 amide bonds. The zero-order valence-electron chi connectivity index (χ0n) is 11.5. The molecule has 5 heteroatoms. The van der Waals surface area contributed by atoms with Crippen LogP contribution in [-0.4, -0.2) is 47.8 Å². The molecular weight excluding hydrogens is 273 g/mol. The van der Waals surface area contributed by atoms with E-state index in [9.17, 15) is 9.18 Å². The van der Waals surface area contributed by atoms with Crippen LogP contribution in [0, 0.1) is 17.7 Å². The van der Waals surface area contributed by atoms with Gasteiger partial charge in [-0.1, -0.05) is 11.8 Å². The molecule has 1 N–H and O–H groups in total. The Morgan fingerprint density at radius 3 is 2.76 bits per heavy atom. The monoisotopic (exact) mass is 289 g/mol. The number of aliphatic hydroxyl groups excluding tert-OH is 1. The number of carbonyl (C=O) groups excluding carboxylic acids is 1. The fourth-order valence-corrected chi connectivity index (χ4v) is 2.89. The summed E-state index contributed by atoms with van der Waals surface area (Å²) in [4.78, 5) is 14.3. The average Bonchev–Trinajstić information content (AvgIpc) is 2.83. The van der Waals surface area contributed by atoms with Crippen molar-refractivity contribution in [3.63, 3.8) is 0 Å². The Hall–Kier alpha value is -1.90. The van der Waals surface area contributed by atoms with Gasteiger partial charge in [0.1, 0.15) is 12.4 Å². The highest BCUT2D eigenvalue weighted by Gasteiger charge is 2.36. The second kappa shape index (κ2) is 5.84. The van der Waals surface area contributed by atoms with Gasteiger partial charge >= 0.3 is 0 Å². The van der Waals surface area contributed by atoms with Crippen molar-refractivity contribution in [2.75, 3.05) is 19.7 Å². The molecule has 21 heavy (non-hydrogen) atoms. The Balaban J connectivity index is 1.88. The van der Waals surface area contributed by atoms with Crippen molar-refractivity contribution in [1.82, 2.24) is 4.90 Å². The summed E-state index contributed by atoms with van der Waals surface area (Å²) in [7, 11) is 0. The van der Waals surface area contributed by atoms with Crippen LogP contribution in [-0.2, 0) is 4.74 Å². The van der Waals surface area contributed by atoms with E-state index in [2.05, 4.69) is 11.8 Å². The van der Waals surface area contributed by atoms with E-state index in [0.29, 0.717) is 18.7 Å². The summed E-state index contributed by atoms with van der Waals surface area (Å²) >= 11 is 0. The first-order valence-corrected chi connectivity index (χ1v) is 7.01. The highest BCUT2D eigenvalue weighted by atomic mass is 19.1. The minimum atomic E-state index is -0.468. The molecule has 2 fully saturated rings. The lowest BCUT2D eigenvalue weighted by atomic mass is 10.1. The zero-order valence-corrected chi connectivity index (χ0v) is 11.5. The molecule has 1 aromatic rings.